The molecule has 0 saturated heterocycles. The fraction of sp³-hybridized carbons (Fsp3) is 0.587. The third-order valence-electron chi connectivity index (χ3n) is 13.1. The second-order valence-corrected chi connectivity index (χ2v) is 29.7. The Morgan fingerprint density at radius 1 is 0.442 bits per heavy atom. The van der Waals surface area contributed by atoms with E-state index in [1.165, 1.54) is 149 Å². The van der Waals surface area contributed by atoms with Gasteiger partial charge in [0.15, 0.2) is 0 Å². The molecule has 4 aliphatic rings. The molecular formula is C46H68N2OP2Si. The van der Waals surface area contributed by atoms with Gasteiger partial charge in [0, 0.05) is 28.8 Å². The second-order valence-electron chi connectivity index (χ2n) is 17.7. The summed E-state index contributed by atoms with van der Waals surface area (Å²) in [5.74, 6) is 0. The molecule has 52 heavy (non-hydrogen) atoms. The van der Waals surface area contributed by atoms with Gasteiger partial charge in [0.1, 0.15) is 0 Å². The Bertz CT molecular complexity index is 1470. The van der Waals surface area contributed by atoms with Crippen LogP contribution in [0.1, 0.15) is 128 Å². The van der Waals surface area contributed by atoms with Crippen molar-refractivity contribution >= 4 is 43.0 Å². The highest BCUT2D eigenvalue weighted by molar-refractivity contribution is 8.11. The van der Waals surface area contributed by atoms with Crippen LogP contribution in [0.3, 0.4) is 0 Å². The van der Waals surface area contributed by atoms with Gasteiger partial charge in [-0.25, -0.2) is 9.34 Å². The summed E-state index contributed by atoms with van der Waals surface area (Å²) < 4.78 is 26.2. The zero-order valence-corrected chi connectivity index (χ0v) is 35.6. The fourth-order valence-corrected chi connectivity index (χ4v) is 30.6. The minimum absolute atomic E-state index is 0.396. The minimum Gasteiger partial charge on any atom is -0.284 e. The Hall–Kier alpha value is -1.67. The summed E-state index contributed by atoms with van der Waals surface area (Å²) in [7, 11) is -5.73. The first-order valence-electron chi connectivity index (χ1n) is 21.5. The summed E-state index contributed by atoms with van der Waals surface area (Å²) >= 11 is 0. The Kier molecular flexibility index (Phi) is 12.9. The molecule has 4 fully saturated rings. The van der Waals surface area contributed by atoms with Crippen LogP contribution < -0.4 is 15.9 Å². The molecule has 4 aliphatic carbocycles. The van der Waals surface area contributed by atoms with Crippen LogP contribution >= 0.6 is 14.3 Å². The van der Waals surface area contributed by atoms with E-state index in [9.17, 15) is 0 Å². The van der Waals surface area contributed by atoms with Gasteiger partial charge < -0.3 is 0 Å². The molecular weight excluding hydrogens is 687 g/mol. The lowest BCUT2D eigenvalue weighted by Crippen LogP contribution is -2.57. The van der Waals surface area contributed by atoms with E-state index < -0.39 is 22.4 Å². The molecule has 6 heteroatoms. The molecule has 7 rings (SSSR count). The highest BCUT2D eigenvalue weighted by Crippen LogP contribution is 2.70. The van der Waals surface area contributed by atoms with Crippen LogP contribution in [0.15, 0.2) is 91.0 Å². The first-order chi connectivity index (χ1) is 25.4. The molecule has 0 aromatic heterocycles. The molecule has 282 valence electrons. The summed E-state index contributed by atoms with van der Waals surface area (Å²) in [6.45, 7) is 5.20. The average Bonchev–Trinajstić information content (AvgIpc) is 3.19. The van der Waals surface area contributed by atoms with Crippen molar-refractivity contribution in [2.24, 2.45) is 0 Å². The molecule has 0 heterocycles. The quantitative estimate of drug-likeness (QED) is 0.144. The normalized spacial score (nSPS) is 21.1. The zero-order valence-electron chi connectivity index (χ0n) is 32.8. The average molecular weight is 755 g/mol. The van der Waals surface area contributed by atoms with E-state index in [-0.39, 0.29) is 0 Å². The monoisotopic (exact) mass is 754 g/mol. The first kappa shape index (κ1) is 38.6. The van der Waals surface area contributed by atoms with E-state index in [1.807, 2.05) is 0 Å². The Morgan fingerprint density at radius 2 is 0.692 bits per heavy atom. The molecule has 0 aliphatic heterocycles. The predicted molar refractivity (Wildman–Crippen MR) is 232 cm³/mol. The van der Waals surface area contributed by atoms with Crippen LogP contribution in [0.5, 0.6) is 0 Å². The van der Waals surface area contributed by atoms with Crippen LogP contribution in [0, 0.1) is 0 Å². The van der Waals surface area contributed by atoms with Crippen molar-refractivity contribution in [3.8, 4) is 0 Å². The standard InChI is InChI=1S/C46H68N2OP2Si/c1-52(2,3)46(50(43-33-19-8-20-34-43,44-35-21-9-22-36-44)45-37-23-10-24-38-45)51(49,47(39-25-11-4-12-26-39)40-27-13-5-14-28-40)48(41-29-15-6-16-30-41)42-31-17-7-18-32-42/h8-10,19-24,33-42H,4-7,11-18,25-32H2,1-3H3. The SMILES string of the molecule is C[Si](C)(C)C(P(=O)(N(C1CCCCC1)C1CCCCC1)N(C1CCCCC1)C1CCCCC1)=P(c1ccccc1)(c1ccccc1)c1ccccc1. The van der Waals surface area contributed by atoms with Crippen LogP contribution in [-0.4, -0.2) is 46.2 Å². The van der Waals surface area contributed by atoms with Crippen molar-refractivity contribution < 1.29 is 4.57 Å². The number of hydrogen-bond donors (Lipinski definition) is 0. The summed E-state index contributed by atoms with van der Waals surface area (Å²) in [6, 6.07) is 36.3. The Balaban J connectivity index is 1.70. The summed E-state index contributed by atoms with van der Waals surface area (Å²) in [5.41, 5.74) is 0. The molecule has 0 atom stereocenters. The van der Waals surface area contributed by atoms with E-state index in [1.54, 1.807) is 0 Å². The van der Waals surface area contributed by atoms with Crippen molar-refractivity contribution in [2.75, 3.05) is 0 Å². The number of nitrogens with zero attached hydrogens (tertiary/aromatic N) is 2. The summed E-state index contributed by atoms with van der Waals surface area (Å²) in [5, 5.41) is 4.18. The minimum atomic E-state index is -3.37. The van der Waals surface area contributed by atoms with Crippen LogP contribution in [0.2, 0.25) is 19.6 Å². The van der Waals surface area contributed by atoms with E-state index in [0.29, 0.717) is 24.2 Å². The molecule has 0 amide bonds. The maximum atomic E-state index is 18.8. The van der Waals surface area contributed by atoms with Gasteiger partial charge in [-0.05, 0) is 74.2 Å². The predicted octanol–water partition coefficient (Wildman–Crippen LogP) is 12.1. The molecule has 0 N–H and O–H groups in total. The maximum absolute atomic E-state index is 18.8. The molecule has 0 bridgehead atoms. The van der Waals surface area contributed by atoms with E-state index in [0.717, 1.165) is 0 Å². The van der Waals surface area contributed by atoms with E-state index in [2.05, 4.69) is 120 Å². The number of rotatable bonds is 11. The summed E-state index contributed by atoms with van der Waals surface area (Å²) in [6.07, 6.45) is 25.2. The van der Waals surface area contributed by atoms with Gasteiger partial charge in [-0.2, -0.15) is 0 Å². The largest absolute Gasteiger partial charge is 0.284 e. The molecule has 0 spiro atoms. The maximum Gasteiger partial charge on any atom is 0.239 e. The lowest BCUT2D eigenvalue weighted by Gasteiger charge is -2.57. The lowest BCUT2D eigenvalue weighted by atomic mass is 9.90. The third kappa shape index (κ3) is 7.73. The first-order valence-corrected chi connectivity index (χ1v) is 28.4. The molecule has 3 nitrogen and oxygen atoms in total. The Morgan fingerprint density at radius 3 is 0.923 bits per heavy atom. The molecule has 3 aromatic rings. The van der Waals surface area contributed by atoms with Gasteiger partial charge >= 0.3 is 0 Å². The second kappa shape index (κ2) is 17.4. The highest BCUT2D eigenvalue weighted by atomic mass is 31.2. The van der Waals surface area contributed by atoms with Crippen LogP contribution in [0.4, 0.5) is 0 Å². The van der Waals surface area contributed by atoms with Crippen molar-refractivity contribution in [2.45, 2.75) is 172 Å². The van der Waals surface area contributed by atoms with Gasteiger partial charge in [-0.1, -0.05) is 188 Å². The van der Waals surface area contributed by atoms with Crippen LogP contribution in [-0.2, 0) is 4.57 Å². The van der Waals surface area contributed by atoms with Gasteiger partial charge in [0.25, 0.3) is 0 Å². The smallest absolute Gasteiger partial charge is 0.239 e. The lowest BCUT2D eigenvalue weighted by molar-refractivity contribution is 0.121. The highest BCUT2D eigenvalue weighted by Gasteiger charge is 2.57. The van der Waals surface area contributed by atoms with Gasteiger partial charge in [-0.15, -0.1) is 0 Å². The van der Waals surface area contributed by atoms with Gasteiger partial charge in [0.2, 0.25) is 7.44 Å². The van der Waals surface area contributed by atoms with Gasteiger partial charge in [-0.3, -0.25) is 4.57 Å². The van der Waals surface area contributed by atoms with Crippen LogP contribution in [0.25, 0.3) is 0 Å². The van der Waals surface area contributed by atoms with Crippen molar-refractivity contribution in [1.82, 2.24) is 9.34 Å². The molecule has 0 radical (unpaired) electrons. The molecule has 3 aromatic carbocycles. The van der Waals surface area contributed by atoms with E-state index in [4.69, 9.17) is 0 Å². The fourth-order valence-electron chi connectivity index (χ4n) is 11.1. The van der Waals surface area contributed by atoms with E-state index >= 15 is 4.57 Å². The van der Waals surface area contributed by atoms with Gasteiger partial charge in [0.05, 0.1) is 8.07 Å². The Labute approximate surface area is 318 Å². The summed E-state index contributed by atoms with van der Waals surface area (Å²) in [4.78, 5) is 0. The zero-order chi connectivity index (χ0) is 36.0. The molecule has 0 unspecified atom stereocenters. The van der Waals surface area contributed by atoms with Crippen molar-refractivity contribution in [3.05, 3.63) is 91.0 Å². The van der Waals surface area contributed by atoms with Crippen molar-refractivity contribution in [3.63, 3.8) is 0 Å². The number of benzene rings is 3. The topological polar surface area (TPSA) is 23.6 Å². The third-order valence-corrected chi connectivity index (χ3v) is 29.0. The molecule has 4 saturated carbocycles. The van der Waals surface area contributed by atoms with Crippen molar-refractivity contribution in [1.29, 1.82) is 0 Å². The number of hydrogen-bond acceptors (Lipinski definition) is 1.